The summed E-state index contributed by atoms with van der Waals surface area (Å²) in [7, 11) is 1.48. The summed E-state index contributed by atoms with van der Waals surface area (Å²) in [6, 6.07) is 5.79. The third kappa shape index (κ3) is 4.11. The predicted molar refractivity (Wildman–Crippen MR) is 104 cm³/mol. The van der Waals surface area contributed by atoms with Crippen molar-refractivity contribution in [2.24, 2.45) is 11.8 Å². The van der Waals surface area contributed by atoms with Crippen molar-refractivity contribution in [2.75, 3.05) is 12.4 Å². The van der Waals surface area contributed by atoms with E-state index in [4.69, 9.17) is 9.47 Å². The van der Waals surface area contributed by atoms with Crippen LogP contribution in [-0.2, 0) is 23.9 Å². The number of rotatable bonds is 6. The maximum absolute atomic E-state index is 12.6. The molecule has 156 valence electrons. The van der Waals surface area contributed by atoms with E-state index >= 15 is 0 Å². The van der Waals surface area contributed by atoms with Crippen molar-refractivity contribution < 1.29 is 28.7 Å². The molecule has 29 heavy (non-hydrogen) atoms. The third-order valence-electron chi connectivity index (χ3n) is 5.63. The van der Waals surface area contributed by atoms with Crippen molar-refractivity contribution >= 4 is 29.4 Å². The molecule has 1 aliphatic carbocycles. The Kier molecular flexibility index (Phi) is 6.20. The number of hydrogen-bond donors (Lipinski definition) is 1. The van der Waals surface area contributed by atoms with Crippen molar-refractivity contribution in [3.05, 3.63) is 24.3 Å². The summed E-state index contributed by atoms with van der Waals surface area (Å²) >= 11 is 0. The summed E-state index contributed by atoms with van der Waals surface area (Å²) in [5.41, 5.74) is 0.449. The molecule has 0 spiro atoms. The van der Waals surface area contributed by atoms with Crippen molar-refractivity contribution in [3.63, 3.8) is 0 Å². The van der Waals surface area contributed by atoms with Crippen LogP contribution in [0.2, 0.25) is 0 Å². The number of nitrogens with zero attached hydrogens (tertiary/aromatic N) is 1. The molecule has 0 unspecified atom stereocenters. The molecule has 0 bridgehead atoms. The van der Waals surface area contributed by atoms with Gasteiger partial charge < -0.3 is 14.8 Å². The molecule has 8 heteroatoms. The molecule has 1 heterocycles. The van der Waals surface area contributed by atoms with E-state index in [9.17, 15) is 19.2 Å². The number of methoxy groups -OCH3 is 1. The van der Waals surface area contributed by atoms with Gasteiger partial charge in [-0.05, 0) is 38.8 Å². The Morgan fingerprint density at radius 2 is 1.66 bits per heavy atom. The second kappa shape index (κ2) is 8.63. The second-order valence-corrected chi connectivity index (χ2v) is 7.49. The third-order valence-corrected chi connectivity index (χ3v) is 5.63. The summed E-state index contributed by atoms with van der Waals surface area (Å²) in [4.78, 5) is 51.2. The maximum Gasteiger partial charge on any atom is 0.329 e. The van der Waals surface area contributed by atoms with Gasteiger partial charge in [0, 0.05) is 0 Å². The van der Waals surface area contributed by atoms with E-state index in [0.29, 0.717) is 24.3 Å². The molecule has 0 radical (unpaired) electrons. The summed E-state index contributed by atoms with van der Waals surface area (Å²) < 4.78 is 10.4. The molecule has 1 aromatic carbocycles. The number of ether oxygens (including phenoxy) is 2. The minimum Gasteiger partial charge on any atom is -0.495 e. The fourth-order valence-electron chi connectivity index (χ4n) is 3.98. The van der Waals surface area contributed by atoms with Crippen molar-refractivity contribution in [1.29, 1.82) is 0 Å². The number of hydrogen-bond acceptors (Lipinski definition) is 6. The van der Waals surface area contributed by atoms with Gasteiger partial charge in [-0.2, -0.15) is 0 Å². The maximum atomic E-state index is 12.6. The van der Waals surface area contributed by atoms with Crippen LogP contribution in [0.3, 0.4) is 0 Å². The van der Waals surface area contributed by atoms with Crippen molar-refractivity contribution in [3.8, 4) is 5.75 Å². The Morgan fingerprint density at radius 1 is 1.07 bits per heavy atom. The number of carbonyl (C=O) groups is 4. The number of imide groups is 1. The van der Waals surface area contributed by atoms with Crippen LogP contribution in [0.25, 0.3) is 0 Å². The standard InChI is InChI=1S/C21H26N2O6/c1-12(23-19(25)14-8-4-5-9-15(14)20(23)26)21(27)29-13(2)18(24)22-16-10-6-7-11-17(16)28-3/h6-7,10-15H,4-5,8-9H2,1-3H3,(H,22,24)/t12-,13+,14-,15+/m0/s1. The summed E-state index contributed by atoms with van der Waals surface area (Å²) in [6.07, 6.45) is 2.06. The van der Waals surface area contributed by atoms with Crippen LogP contribution in [0.5, 0.6) is 5.75 Å². The molecule has 1 N–H and O–H groups in total. The number of benzene rings is 1. The quantitative estimate of drug-likeness (QED) is 0.578. The predicted octanol–water partition coefficient (Wildman–Crippen LogP) is 2.13. The summed E-state index contributed by atoms with van der Waals surface area (Å²) in [5, 5.41) is 2.64. The number of nitrogens with one attached hydrogen (secondary N) is 1. The number of anilines is 1. The molecule has 3 rings (SSSR count). The van der Waals surface area contributed by atoms with E-state index in [-0.39, 0.29) is 23.7 Å². The molecular formula is C21H26N2O6. The average molecular weight is 402 g/mol. The van der Waals surface area contributed by atoms with Crippen LogP contribution in [0.15, 0.2) is 24.3 Å². The van der Waals surface area contributed by atoms with Gasteiger partial charge in [0.2, 0.25) is 11.8 Å². The van der Waals surface area contributed by atoms with Crippen molar-refractivity contribution in [1.82, 2.24) is 4.90 Å². The fraction of sp³-hybridized carbons (Fsp3) is 0.524. The number of para-hydroxylation sites is 2. The van der Waals surface area contributed by atoms with E-state index in [1.165, 1.54) is 21.0 Å². The van der Waals surface area contributed by atoms with Gasteiger partial charge in [-0.25, -0.2) is 4.79 Å². The Morgan fingerprint density at radius 3 is 2.24 bits per heavy atom. The van der Waals surface area contributed by atoms with E-state index in [0.717, 1.165) is 17.7 Å². The van der Waals surface area contributed by atoms with E-state index < -0.39 is 24.0 Å². The van der Waals surface area contributed by atoms with Crippen LogP contribution in [-0.4, -0.2) is 47.8 Å². The molecule has 1 aromatic rings. The smallest absolute Gasteiger partial charge is 0.329 e. The van der Waals surface area contributed by atoms with Crippen LogP contribution < -0.4 is 10.1 Å². The lowest BCUT2D eigenvalue weighted by Gasteiger charge is -2.23. The molecule has 3 amide bonds. The fourth-order valence-corrected chi connectivity index (χ4v) is 3.98. The van der Waals surface area contributed by atoms with Gasteiger partial charge in [-0.15, -0.1) is 0 Å². The lowest BCUT2D eigenvalue weighted by molar-refractivity contribution is -0.163. The van der Waals surface area contributed by atoms with Gasteiger partial charge >= 0.3 is 5.97 Å². The zero-order valence-electron chi connectivity index (χ0n) is 16.8. The molecule has 4 atom stereocenters. The Balaban J connectivity index is 1.62. The number of carbonyl (C=O) groups excluding carboxylic acids is 4. The minimum absolute atomic E-state index is 0.310. The van der Waals surface area contributed by atoms with Crippen LogP contribution in [0.1, 0.15) is 39.5 Å². The van der Waals surface area contributed by atoms with Crippen LogP contribution in [0, 0.1) is 11.8 Å². The zero-order chi connectivity index (χ0) is 21.1. The van der Waals surface area contributed by atoms with Gasteiger partial charge in [0.05, 0.1) is 24.6 Å². The van der Waals surface area contributed by atoms with Gasteiger partial charge in [0.25, 0.3) is 5.91 Å². The van der Waals surface area contributed by atoms with E-state index in [1.54, 1.807) is 24.3 Å². The topological polar surface area (TPSA) is 102 Å². The second-order valence-electron chi connectivity index (χ2n) is 7.49. The summed E-state index contributed by atoms with van der Waals surface area (Å²) in [6.45, 7) is 2.89. The Hall–Kier alpha value is -2.90. The van der Waals surface area contributed by atoms with Crippen molar-refractivity contribution in [2.45, 2.75) is 51.7 Å². The van der Waals surface area contributed by atoms with Gasteiger partial charge in [0.1, 0.15) is 11.8 Å². The van der Waals surface area contributed by atoms with Crippen LogP contribution >= 0.6 is 0 Å². The normalized spacial score (nSPS) is 23.2. The lowest BCUT2D eigenvalue weighted by Crippen LogP contribution is -2.46. The zero-order valence-corrected chi connectivity index (χ0v) is 16.8. The highest BCUT2D eigenvalue weighted by atomic mass is 16.5. The minimum atomic E-state index is -1.11. The lowest BCUT2D eigenvalue weighted by atomic mass is 9.81. The monoisotopic (exact) mass is 402 g/mol. The molecule has 1 aliphatic heterocycles. The number of fused-ring (bicyclic) bond motifs is 1. The molecule has 1 saturated heterocycles. The molecule has 1 saturated carbocycles. The highest BCUT2D eigenvalue weighted by molar-refractivity contribution is 6.08. The highest BCUT2D eigenvalue weighted by Crippen LogP contribution is 2.39. The first-order valence-corrected chi connectivity index (χ1v) is 9.86. The molecule has 8 nitrogen and oxygen atoms in total. The largest absolute Gasteiger partial charge is 0.495 e. The highest BCUT2D eigenvalue weighted by Gasteiger charge is 2.51. The Labute approximate surface area is 169 Å². The molecular weight excluding hydrogens is 376 g/mol. The Bertz CT molecular complexity index is 799. The number of likely N-dealkylation sites (tertiary alicyclic amines) is 1. The van der Waals surface area contributed by atoms with E-state index in [1.807, 2.05) is 0 Å². The average Bonchev–Trinajstić information content (AvgIpc) is 2.98. The molecule has 2 fully saturated rings. The van der Waals surface area contributed by atoms with Gasteiger partial charge in [0.15, 0.2) is 6.10 Å². The molecule has 2 aliphatic rings. The van der Waals surface area contributed by atoms with Crippen LogP contribution in [0.4, 0.5) is 5.69 Å². The first kappa shape index (κ1) is 20.8. The number of amides is 3. The SMILES string of the molecule is COc1ccccc1NC(=O)[C@@H](C)OC(=O)[C@H](C)N1C(=O)[C@H]2CCCC[C@H]2C1=O. The first-order valence-electron chi connectivity index (χ1n) is 9.86. The summed E-state index contributed by atoms with van der Waals surface area (Å²) in [5.74, 6) is -2.14. The molecule has 0 aromatic heterocycles. The van der Waals surface area contributed by atoms with E-state index in [2.05, 4.69) is 5.32 Å². The number of esters is 1. The first-order chi connectivity index (χ1) is 13.8. The van der Waals surface area contributed by atoms with Gasteiger partial charge in [-0.1, -0.05) is 25.0 Å². The van der Waals surface area contributed by atoms with Gasteiger partial charge in [-0.3, -0.25) is 19.3 Å².